The molecule has 62 heavy (non-hydrogen) atoms. The standard InChI is InChI=1S/C40H56N10O10S2/c1-23(2)13-11-15-25(5)45-59-60-61-31-21-27(41-43-33-35(51)47(7)39(55)48(8)36(33)52)17-19-29(31)30-20-18-28(42-44-34-37(53)49(9)40(56)50(10)38(34)54)22-32(30)62(57,58)46-26(6)16-12-14-24(3)4/h17-26,33-34,45-46H,11-16H2,1-10H3. The van der Waals surface area contributed by atoms with Crippen LogP contribution >= 0.6 is 12.0 Å². The monoisotopic (exact) mass is 900 g/mol. The predicted molar refractivity (Wildman–Crippen MR) is 228 cm³/mol. The zero-order valence-electron chi connectivity index (χ0n) is 36.6. The van der Waals surface area contributed by atoms with Gasteiger partial charge in [0.15, 0.2) is 0 Å². The smallest absolute Gasteiger partial charge is 0.271 e. The number of carbonyl (C=O) groups is 6. The van der Waals surface area contributed by atoms with Crippen LogP contribution in [0.15, 0.2) is 66.6 Å². The van der Waals surface area contributed by atoms with E-state index in [-0.39, 0.29) is 32.8 Å². The van der Waals surface area contributed by atoms with Crippen LogP contribution in [0.25, 0.3) is 11.1 Å². The highest BCUT2D eigenvalue weighted by Crippen LogP contribution is 2.40. The SMILES string of the molecule is CC(C)CCCC(C)NOOSc1cc(N=NC2C(=O)N(C)C(=O)N(C)C2=O)ccc1-c1ccc(N=NC2C(=O)N(C)C(=O)N(C)C2=O)cc1S(=O)(=O)NC(C)CCCC(C)C. The van der Waals surface area contributed by atoms with Crippen molar-refractivity contribution in [2.24, 2.45) is 32.3 Å². The minimum atomic E-state index is -4.33. The number of nitrogens with one attached hydrogen (secondary N) is 2. The highest BCUT2D eigenvalue weighted by Gasteiger charge is 2.44. The van der Waals surface area contributed by atoms with Gasteiger partial charge in [0.05, 0.1) is 28.3 Å². The van der Waals surface area contributed by atoms with Gasteiger partial charge in [-0.2, -0.15) is 25.9 Å². The molecule has 22 heteroatoms. The van der Waals surface area contributed by atoms with Gasteiger partial charge < -0.3 is 0 Å². The average molecular weight is 901 g/mol. The molecule has 0 saturated carbocycles. The number of amides is 8. The van der Waals surface area contributed by atoms with E-state index in [9.17, 15) is 37.2 Å². The lowest BCUT2D eigenvalue weighted by atomic mass is 10.0. The molecule has 20 nitrogen and oxygen atoms in total. The molecule has 0 bridgehead atoms. The third kappa shape index (κ3) is 12.6. The zero-order valence-corrected chi connectivity index (χ0v) is 38.3. The molecule has 2 aliphatic rings. The van der Waals surface area contributed by atoms with Crippen molar-refractivity contribution in [3.05, 3.63) is 36.4 Å². The van der Waals surface area contributed by atoms with Gasteiger partial charge in [-0.05, 0) is 68.4 Å². The van der Waals surface area contributed by atoms with Crippen molar-refractivity contribution in [2.75, 3.05) is 28.2 Å². The van der Waals surface area contributed by atoms with Crippen molar-refractivity contribution in [3.8, 4) is 11.1 Å². The first kappa shape index (κ1) is 49.7. The van der Waals surface area contributed by atoms with Gasteiger partial charge in [0, 0.05) is 50.7 Å². The summed E-state index contributed by atoms with van der Waals surface area (Å²) < 4.78 is 36.9. The largest absolute Gasteiger partial charge is 0.333 e. The summed E-state index contributed by atoms with van der Waals surface area (Å²) in [5, 5.41) is 16.1. The van der Waals surface area contributed by atoms with E-state index in [4.69, 9.17) is 9.32 Å². The number of imide groups is 4. The maximum Gasteiger partial charge on any atom is 0.333 e. The molecular weight excluding hydrogens is 845 g/mol. The normalized spacial score (nSPS) is 17.4. The van der Waals surface area contributed by atoms with E-state index in [1.165, 1.54) is 64.6 Å². The van der Waals surface area contributed by atoms with Gasteiger partial charge >= 0.3 is 12.1 Å². The Labute approximate surface area is 366 Å². The summed E-state index contributed by atoms with van der Waals surface area (Å²) in [6.45, 7) is 12.1. The van der Waals surface area contributed by atoms with Crippen LogP contribution in [0.2, 0.25) is 0 Å². The average Bonchev–Trinajstić information content (AvgIpc) is 3.21. The minimum absolute atomic E-state index is 0.0190. The van der Waals surface area contributed by atoms with Crippen LogP contribution in [-0.4, -0.2) is 116 Å². The van der Waals surface area contributed by atoms with Crippen molar-refractivity contribution >= 4 is 69.1 Å². The summed E-state index contributed by atoms with van der Waals surface area (Å²) in [5.74, 6) is -2.53. The fourth-order valence-corrected chi connectivity index (χ4v) is 8.47. The molecule has 8 amide bonds. The molecule has 2 aromatic rings. The second-order valence-corrected chi connectivity index (χ2v) is 18.6. The molecule has 2 heterocycles. The molecule has 0 aromatic heterocycles. The van der Waals surface area contributed by atoms with Gasteiger partial charge in [-0.15, -0.1) is 9.32 Å². The van der Waals surface area contributed by atoms with Crippen LogP contribution in [-0.2, 0) is 38.5 Å². The lowest BCUT2D eigenvalue weighted by molar-refractivity contribution is -0.253. The Morgan fingerprint density at radius 1 is 0.629 bits per heavy atom. The van der Waals surface area contributed by atoms with Crippen LogP contribution < -0.4 is 10.2 Å². The molecule has 2 aliphatic heterocycles. The lowest BCUT2D eigenvalue weighted by Crippen LogP contribution is -2.58. The third-order valence-corrected chi connectivity index (χ3v) is 12.4. The number of hydrogen-bond acceptors (Lipinski definition) is 16. The molecule has 2 N–H and O–H groups in total. The number of urea groups is 2. The number of sulfonamides is 1. The molecule has 2 saturated heterocycles. The van der Waals surface area contributed by atoms with E-state index < -0.39 is 63.8 Å². The molecule has 0 spiro atoms. The molecule has 2 fully saturated rings. The van der Waals surface area contributed by atoms with E-state index in [2.05, 4.69) is 58.4 Å². The van der Waals surface area contributed by atoms with E-state index in [1.807, 2.05) is 6.92 Å². The first-order valence-corrected chi connectivity index (χ1v) is 22.4. The van der Waals surface area contributed by atoms with E-state index in [1.54, 1.807) is 6.92 Å². The first-order chi connectivity index (χ1) is 29.1. The molecule has 338 valence electrons. The number of benzene rings is 2. The molecule has 2 atom stereocenters. The van der Waals surface area contributed by atoms with Crippen molar-refractivity contribution in [1.82, 2.24) is 29.8 Å². The van der Waals surface area contributed by atoms with Gasteiger partial charge in [0.2, 0.25) is 22.1 Å². The summed E-state index contributed by atoms with van der Waals surface area (Å²) in [6, 6.07) is 3.19. The van der Waals surface area contributed by atoms with Gasteiger partial charge in [-0.25, -0.2) is 22.7 Å². The Morgan fingerprint density at radius 3 is 1.53 bits per heavy atom. The molecular formula is C40H56N10O10S2. The highest BCUT2D eigenvalue weighted by atomic mass is 32.2. The van der Waals surface area contributed by atoms with Crippen molar-refractivity contribution in [2.45, 2.75) is 114 Å². The number of hydroxylamine groups is 1. The molecule has 4 rings (SSSR count). The topological polar surface area (TPSA) is 241 Å². The number of likely N-dealkylation sites (N-methyl/N-ethyl adjacent to an activating group) is 4. The van der Waals surface area contributed by atoms with Crippen LogP contribution in [0.4, 0.5) is 21.0 Å². The summed E-state index contributed by atoms with van der Waals surface area (Å²) in [5.41, 5.74) is 3.44. The Bertz CT molecular complexity index is 2140. The third-order valence-electron chi connectivity index (χ3n) is 10.1. The maximum atomic E-state index is 14.3. The summed E-state index contributed by atoms with van der Waals surface area (Å²) in [6.07, 6.45) is 5.04. The highest BCUT2D eigenvalue weighted by molar-refractivity contribution is 7.94. The van der Waals surface area contributed by atoms with E-state index in [0.29, 0.717) is 23.8 Å². The predicted octanol–water partition coefficient (Wildman–Crippen LogP) is 6.53. The summed E-state index contributed by atoms with van der Waals surface area (Å²) in [4.78, 5) is 84.2. The Kier molecular flexibility index (Phi) is 17.5. The number of azo groups is 2. The van der Waals surface area contributed by atoms with Gasteiger partial charge in [0.25, 0.3) is 23.6 Å². The molecule has 0 radical (unpaired) electrons. The van der Waals surface area contributed by atoms with Crippen LogP contribution in [0, 0.1) is 11.8 Å². The van der Waals surface area contributed by atoms with E-state index in [0.717, 1.165) is 63.7 Å². The van der Waals surface area contributed by atoms with Crippen LogP contribution in [0.1, 0.15) is 80.1 Å². The van der Waals surface area contributed by atoms with Crippen LogP contribution in [0.5, 0.6) is 0 Å². The second-order valence-electron chi connectivity index (χ2n) is 16.2. The minimum Gasteiger partial charge on any atom is -0.271 e. The number of carbonyl (C=O) groups excluding carboxylic acids is 6. The van der Waals surface area contributed by atoms with E-state index >= 15 is 0 Å². The molecule has 2 aromatic carbocycles. The molecule has 2 unspecified atom stereocenters. The Morgan fingerprint density at radius 2 is 1.06 bits per heavy atom. The van der Waals surface area contributed by atoms with Gasteiger partial charge in [-0.1, -0.05) is 65.5 Å². The quantitative estimate of drug-likeness (QED) is 0.0340. The van der Waals surface area contributed by atoms with Gasteiger partial charge in [0.1, 0.15) is 0 Å². The summed E-state index contributed by atoms with van der Waals surface area (Å²) >= 11 is 0.721. The number of barbiturate groups is 2. The molecule has 0 aliphatic carbocycles. The van der Waals surface area contributed by atoms with Crippen LogP contribution in [0.3, 0.4) is 0 Å². The Hall–Kier alpha value is -5.00. The summed E-state index contributed by atoms with van der Waals surface area (Å²) in [7, 11) is 0.543. The van der Waals surface area contributed by atoms with Crippen molar-refractivity contribution < 1.29 is 46.5 Å². The van der Waals surface area contributed by atoms with Gasteiger partial charge in [-0.3, -0.25) is 38.8 Å². The second kappa shape index (κ2) is 21.9. The fourth-order valence-electron chi connectivity index (χ4n) is 6.37. The number of hydrogen-bond donors (Lipinski definition) is 2. The number of rotatable bonds is 21. The number of nitrogens with zero attached hydrogens (tertiary/aromatic N) is 8. The first-order valence-electron chi connectivity index (χ1n) is 20.2. The zero-order chi connectivity index (χ0) is 46.1. The van der Waals surface area contributed by atoms with Crippen molar-refractivity contribution in [1.29, 1.82) is 0 Å². The maximum absolute atomic E-state index is 14.3. The fraction of sp³-hybridized carbons (Fsp3) is 0.550. The Balaban J connectivity index is 1.77. The lowest BCUT2D eigenvalue weighted by Gasteiger charge is -2.30. The van der Waals surface area contributed by atoms with Crippen molar-refractivity contribution in [3.63, 3.8) is 0 Å².